The van der Waals surface area contributed by atoms with Gasteiger partial charge in [0.15, 0.2) is 0 Å². The predicted octanol–water partition coefficient (Wildman–Crippen LogP) is 6.25. The fraction of sp³-hybridized carbons (Fsp3) is 0.143. The van der Waals surface area contributed by atoms with Gasteiger partial charge in [-0.3, -0.25) is 0 Å². The van der Waals surface area contributed by atoms with Crippen LogP contribution in [0, 0.1) is 0 Å². The number of ether oxygens (including phenoxy) is 1. The number of hydrogen-bond acceptors (Lipinski definition) is 1. The molecule has 0 radical (unpaired) electrons. The lowest BCUT2D eigenvalue weighted by Gasteiger charge is -2.14. The Kier molecular flexibility index (Phi) is 5.18. The summed E-state index contributed by atoms with van der Waals surface area (Å²) in [5, 5.41) is 1.27. The molecular formula is C14H10Br2Cl2O. The molecule has 0 N–H and O–H groups in total. The van der Waals surface area contributed by atoms with Gasteiger partial charge in [-0.15, -0.1) is 0 Å². The Morgan fingerprint density at radius 3 is 2.53 bits per heavy atom. The van der Waals surface area contributed by atoms with Crippen molar-refractivity contribution in [3.63, 3.8) is 0 Å². The maximum absolute atomic E-state index is 6.30. The van der Waals surface area contributed by atoms with Crippen LogP contribution < -0.4 is 4.74 Å². The Morgan fingerprint density at radius 2 is 1.89 bits per heavy atom. The number of halogens is 4. The van der Waals surface area contributed by atoms with Crippen LogP contribution in [0.2, 0.25) is 10.0 Å². The molecule has 0 saturated heterocycles. The minimum absolute atomic E-state index is 0.0269. The third-order valence-corrected chi connectivity index (χ3v) is 5.35. The topological polar surface area (TPSA) is 9.23 Å². The van der Waals surface area contributed by atoms with Crippen LogP contribution >= 0.6 is 55.1 Å². The molecule has 19 heavy (non-hydrogen) atoms. The van der Waals surface area contributed by atoms with Crippen molar-refractivity contribution in [3.05, 3.63) is 62.0 Å². The SMILES string of the molecule is COc1ccc(C(Br)c2cccc(Br)c2Cl)cc1Cl. The molecule has 1 unspecified atom stereocenters. The zero-order valence-electron chi connectivity index (χ0n) is 9.96. The molecule has 2 aromatic carbocycles. The molecule has 100 valence electrons. The number of hydrogen-bond donors (Lipinski definition) is 0. The molecule has 0 aliphatic rings. The van der Waals surface area contributed by atoms with Crippen LogP contribution in [-0.4, -0.2) is 7.11 Å². The minimum atomic E-state index is -0.0269. The predicted molar refractivity (Wildman–Crippen MR) is 87.9 cm³/mol. The molecule has 0 saturated carbocycles. The summed E-state index contributed by atoms with van der Waals surface area (Å²) in [5.74, 6) is 0.658. The van der Waals surface area contributed by atoms with E-state index in [1.807, 2.05) is 36.4 Å². The number of methoxy groups -OCH3 is 1. The van der Waals surface area contributed by atoms with Gasteiger partial charge in [0.2, 0.25) is 0 Å². The molecule has 0 heterocycles. The molecule has 2 rings (SSSR count). The molecule has 0 aliphatic heterocycles. The van der Waals surface area contributed by atoms with Crippen molar-refractivity contribution >= 4 is 55.1 Å². The third-order valence-electron chi connectivity index (χ3n) is 2.72. The van der Waals surface area contributed by atoms with Crippen LogP contribution in [0.4, 0.5) is 0 Å². The zero-order valence-corrected chi connectivity index (χ0v) is 14.6. The van der Waals surface area contributed by atoms with Crippen LogP contribution in [0.1, 0.15) is 16.0 Å². The Balaban J connectivity index is 2.41. The van der Waals surface area contributed by atoms with Gasteiger partial charge in [-0.1, -0.05) is 57.3 Å². The summed E-state index contributed by atoms with van der Waals surface area (Å²) in [6.07, 6.45) is 0. The van der Waals surface area contributed by atoms with Gasteiger partial charge in [-0.25, -0.2) is 0 Å². The Bertz CT molecular complexity index is 602. The van der Waals surface area contributed by atoms with E-state index < -0.39 is 0 Å². The van der Waals surface area contributed by atoms with Crippen LogP contribution in [0.25, 0.3) is 0 Å². The summed E-state index contributed by atoms with van der Waals surface area (Å²) in [6, 6.07) is 11.5. The average molecular weight is 425 g/mol. The standard InChI is InChI=1S/C14H10Br2Cl2O/c1-19-12-6-5-8(7-11(12)17)13(16)9-3-2-4-10(15)14(9)18/h2-7,13H,1H3. The highest BCUT2D eigenvalue weighted by atomic mass is 79.9. The molecule has 0 fully saturated rings. The smallest absolute Gasteiger partial charge is 0.137 e. The Morgan fingerprint density at radius 1 is 1.16 bits per heavy atom. The first kappa shape index (κ1) is 15.2. The molecule has 0 aromatic heterocycles. The highest BCUT2D eigenvalue weighted by Gasteiger charge is 2.16. The van der Waals surface area contributed by atoms with Crippen LogP contribution in [0.3, 0.4) is 0 Å². The second-order valence-electron chi connectivity index (χ2n) is 3.90. The van der Waals surface area contributed by atoms with Gasteiger partial charge < -0.3 is 4.74 Å². The molecule has 5 heteroatoms. The maximum Gasteiger partial charge on any atom is 0.137 e. The van der Waals surface area contributed by atoms with E-state index in [1.54, 1.807) is 7.11 Å². The monoisotopic (exact) mass is 422 g/mol. The minimum Gasteiger partial charge on any atom is -0.495 e. The van der Waals surface area contributed by atoms with Gasteiger partial charge in [-0.05, 0) is 45.3 Å². The van der Waals surface area contributed by atoms with E-state index in [0.717, 1.165) is 15.6 Å². The lowest BCUT2D eigenvalue weighted by molar-refractivity contribution is 0.415. The highest BCUT2D eigenvalue weighted by molar-refractivity contribution is 9.10. The first-order valence-corrected chi connectivity index (χ1v) is 7.92. The van der Waals surface area contributed by atoms with E-state index in [0.29, 0.717) is 15.8 Å². The van der Waals surface area contributed by atoms with Crippen molar-refractivity contribution in [2.45, 2.75) is 4.83 Å². The number of rotatable bonds is 3. The summed E-state index contributed by atoms with van der Waals surface area (Å²) < 4.78 is 6.02. The van der Waals surface area contributed by atoms with Gasteiger partial charge in [0.05, 0.1) is 22.0 Å². The highest BCUT2D eigenvalue weighted by Crippen LogP contribution is 2.40. The van der Waals surface area contributed by atoms with E-state index in [1.165, 1.54) is 0 Å². The molecule has 1 atom stereocenters. The van der Waals surface area contributed by atoms with Crippen LogP contribution in [0.15, 0.2) is 40.9 Å². The van der Waals surface area contributed by atoms with Crippen molar-refractivity contribution in [3.8, 4) is 5.75 Å². The third kappa shape index (κ3) is 3.27. The summed E-state index contributed by atoms with van der Waals surface area (Å²) in [4.78, 5) is -0.0269. The fourth-order valence-electron chi connectivity index (χ4n) is 1.74. The van der Waals surface area contributed by atoms with Gasteiger partial charge in [-0.2, -0.15) is 0 Å². The van der Waals surface area contributed by atoms with Crippen LogP contribution in [-0.2, 0) is 0 Å². The van der Waals surface area contributed by atoms with E-state index in [-0.39, 0.29) is 4.83 Å². The fourth-order valence-corrected chi connectivity index (χ4v) is 3.42. The first-order chi connectivity index (χ1) is 9.04. The summed E-state index contributed by atoms with van der Waals surface area (Å²) in [6.45, 7) is 0. The molecule has 0 spiro atoms. The van der Waals surface area contributed by atoms with Gasteiger partial charge in [0, 0.05) is 4.47 Å². The first-order valence-electron chi connectivity index (χ1n) is 5.46. The molecule has 0 aliphatic carbocycles. The van der Waals surface area contributed by atoms with Gasteiger partial charge in [0.1, 0.15) is 5.75 Å². The summed E-state index contributed by atoms with van der Waals surface area (Å²) in [5.41, 5.74) is 2.00. The van der Waals surface area contributed by atoms with E-state index >= 15 is 0 Å². The van der Waals surface area contributed by atoms with E-state index in [2.05, 4.69) is 31.9 Å². The van der Waals surface area contributed by atoms with E-state index in [4.69, 9.17) is 27.9 Å². The molecule has 1 nitrogen and oxygen atoms in total. The summed E-state index contributed by atoms with van der Waals surface area (Å²) >= 11 is 19.5. The van der Waals surface area contributed by atoms with Crippen molar-refractivity contribution in [1.82, 2.24) is 0 Å². The molecule has 0 bridgehead atoms. The maximum atomic E-state index is 6.30. The molecule has 0 amide bonds. The largest absolute Gasteiger partial charge is 0.495 e. The lowest BCUT2D eigenvalue weighted by Crippen LogP contribution is -1.95. The van der Waals surface area contributed by atoms with Crippen LogP contribution in [0.5, 0.6) is 5.75 Å². The quantitative estimate of drug-likeness (QED) is 0.529. The van der Waals surface area contributed by atoms with Crippen molar-refractivity contribution < 1.29 is 4.74 Å². The van der Waals surface area contributed by atoms with Gasteiger partial charge in [0.25, 0.3) is 0 Å². The van der Waals surface area contributed by atoms with Gasteiger partial charge >= 0.3 is 0 Å². The molecular weight excluding hydrogens is 415 g/mol. The zero-order chi connectivity index (χ0) is 14.0. The lowest BCUT2D eigenvalue weighted by atomic mass is 10.0. The van der Waals surface area contributed by atoms with Crippen molar-refractivity contribution in [2.75, 3.05) is 7.11 Å². The summed E-state index contributed by atoms with van der Waals surface area (Å²) in [7, 11) is 1.59. The normalized spacial score (nSPS) is 12.3. The van der Waals surface area contributed by atoms with E-state index in [9.17, 15) is 0 Å². The Labute approximate surface area is 139 Å². The Hall–Kier alpha value is -0.220. The number of alkyl halides is 1. The van der Waals surface area contributed by atoms with Crippen molar-refractivity contribution in [1.29, 1.82) is 0 Å². The molecule has 2 aromatic rings. The average Bonchev–Trinajstić information content (AvgIpc) is 2.41. The second-order valence-corrected chi connectivity index (χ2v) is 6.45. The van der Waals surface area contributed by atoms with Crippen molar-refractivity contribution in [2.24, 2.45) is 0 Å². The second kappa shape index (κ2) is 6.49. The number of benzene rings is 2.